The lowest BCUT2D eigenvalue weighted by molar-refractivity contribution is 0.306. The summed E-state index contributed by atoms with van der Waals surface area (Å²) in [5, 5.41) is 9.48. The van der Waals surface area contributed by atoms with Gasteiger partial charge < -0.3 is 9.64 Å². The largest absolute Gasteiger partial charge is 0.487 e. The lowest BCUT2D eigenvalue weighted by Gasteiger charge is -2.27. The van der Waals surface area contributed by atoms with Crippen molar-refractivity contribution in [2.45, 2.75) is 19.4 Å². The summed E-state index contributed by atoms with van der Waals surface area (Å²) < 4.78 is 6.07. The summed E-state index contributed by atoms with van der Waals surface area (Å²) in [6.07, 6.45) is 2.13. The molecule has 2 aliphatic rings. The third-order valence-corrected chi connectivity index (χ3v) is 5.01. The number of benzene rings is 2. The minimum absolute atomic E-state index is 0.512. The fraction of sp³-hybridized carbons (Fsp3) is 0.286. The highest BCUT2D eigenvalue weighted by molar-refractivity contribution is 5.88. The first-order valence-corrected chi connectivity index (χ1v) is 8.43. The average molecular weight is 316 g/mol. The summed E-state index contributed by atoms with van der Waals surface area (Å²) >= 11 is 0. The second kappa shape index (κ2) is 6.14. The Hall–Kier alpha value is -2.57. The van der Waals surface area contributed by atoms with Gasteiger partial charge in [0, 0.05) is 18.7 Å². The highest BCUT2D eigenvalue weighted by Gasteiger charge is 2.25. The van der Waals surface area contributed by atoms with Crippen molar-refractivity contribution in [2.24, 2.45) is 0 Å². The average Bonchev–Trinajstić information content (AvgIpc) is 2.79. The van der Waals surface area contributed by atoms with E-state index in [4.69, 9.17) is 4.74 Å². The van der Waals surface area contributed by atoms with E-state index < -0.39 is 0 Å². The summed E-state index contributed by atoms with van der Waals surface area (Å²) in [5.74, 6) is 0.734. The molecule has 2 heterocycles. The molecule has 0 aromatic heterocycles. The predicted octanol–water partition coefficient (Wildman–Crippen LogP) is 3.98. The van der Waals surface area contributed by atoms with E-state index in [1.807, 2.05) is 12.1 Å². The zero-order chi connectivity index (χ0) is 16.5. The summed E-state index contributed by atoms with van der Waals surface area (Å²) in [6, 6.07) is 16.6. The van der Waals surface area contributed by atoms with Gasteiger partial charge in [0.1, 0.15) is 18.4 Å². The lowest BCUT2D eigenvalue weighted by atomic mass is 9.86. The van der Waals surface area contributed by atoms with Gasteiger partial charge >= 0.3 is 0 Å². The summed E-state index contributed by atoms with van der Waals surface area (Å²) in [5.41, 5.74) is 6.89. The quantitative estimate of drug-likeness (QED) is 0.737. The number of hydrogen-bond acceptors (Lipinski definition) is 3. The van der Waals surface area contributed by atoms with Gasteiger partial charge in [0.25, 0.3) is 0 Å². The van der Waals surface area contributed by atoms with Gasteiger partial charge in [-0.15, -0.1) is 0 Å². The molecule has 0 atom stereocenters. The Labute approximate surface area is 142 Å². The maximum Gasteiger partial charge on any atom is 0.145 e. The van der Waals surface area contributed by atoms with Crippen molar-refractivity contribution in [3.05, 3.63) is 70.3 Å². The number of nitrogens with zero attached hydrogens (tertiary/aromatic N) is 2. The SMILES string of the molecule is CN1CCC(=C2c3ccccc3COc3c(C#N)cccc32)CC1. The molecule has 24 heavy (non-hydrogen) atoms. The van der Waals surface area contributed by atoms with Crippen LogP contribution in [0.2, 0.25) is 0 Å². The van der Waals surface area contributed by atoms with E-state index in [-0.39, 0.29) is 0 Å². The molecule has 2 aliphatic heterocycles. The van der Waals surface area contributed by atoms with E-state index in [2.05, 4.69) is 48.3 Å². The highest BCUT2D eigenvalue weighted by atomic mass is 16.5. The molecule has 0 N–H and O–H groups in total. The van der Waals surface area contributed by atoms with Crippen LogP contribution in [-0.4, -0.2) is 25.0 Å². The molecule has 3 nitrogen and oxygen atoms in total. The van der Waals surface area contributed by atoms with Gasteiger partial charge in [-0.05, 0) is 42.7 Å². The Kier molecular flexibility index (Phi) is 3.84. The Morgan fingerprint density at radius 1 is 1.00 bits per heavy atom. The third-order valence-electron chi connectivity index (χ3n) is 5.01. The lowest BCUT2D eigenvalue weighted by Crippen LogP contribution is -2.27. The van der Waals surface area contributed by atoms with Crippen molar-refractivity contribution in [1.29, 1.82) is 5.26 Å². The molecule has 0 radical (unpaired) electrons. The van der Waals surface area contributed by atoms with E-state index in [9.17, 15) is 5.26 Å². The van der Waals surface area contributed by atoms with Crippen LogP contribution in [0.3, 0.4) is 0 Å². The normalized spacial score (nSPS) is 17.3. The van der Waals surface area contributed by atoms with E-state index in [1.165, 1.54) is 22.3 Å². The van der Waals surface area contributed by atoms with Crippen LogP contribution in [0.15, 0.2) is 48.0 Å². The standard InChI is InChI=1S/C21H20N2O/c1-23-11-9-15(10-12-23)20-18-7-3-2-5-17(18)14-24-21-16(13-22)6-4-8-19(20)21/h2-8H,9-12,14H2,1H3. The minimum atomic E-state index is 0.512. The second-order valence-electron chi connectivity index (χ2n) is 6.52. The molecule has 0 saturated carbocycles. The fourth-order valence-corrected chi connectivity index (χ4v) is 3.68. The van der Waals surface area contributed by atoms with Crippen molar-refractivity contribution in [2.75, 3.05) is 20.1 Å². The first-order valence-electron chi connectivity index (χ1n) is 8.43. The zero-order valence-electron chi connectivity index (χ0n) is 13.9. The minimum Gasteiger partial charge on any atom is -0.487 e. The number of para-hydroxylation sites is 1. The maximum atomic E-state index is 9.48. The van der Waals surface area contributed by atoms with Crippen molar-refractivity contribution in [3.8, 4) is 11.8 Å². The van der Waals surface area contributed by atoms with E-state index >= 15 is 0 Å². The van der Waals surface area contributed by atoms with Gasteiger partial charge in [-0.25, -0.2) is 0 Å². The Morgan fingerprint density at radius 2 is 1.75 bits per heavy atom. The van der Waals surface area contributed by atoms with Crippen LogP contribution in [0, 0.1) is 11.3 Å². The number of hydrogen-bond donors (Lipinski definition) is 0. The number of piperidine rings is 1. The number of rotatable bonds is 0. The molecule has 0 aliphatic carbocycles. The maximum absolute atomic E-state index is 9.48. The summed E-state index contributed by atoms with van der Waals surface area (Å²) in [6.45, 7) is 2.67. The Morgan fingerprint density at radius 3 is 2.54 bits per heavy atom. The van der Waals surface area contributed by atoms with E-state index in [0.29, 0.717) is 12.2 Å². The monoisotopic (exact) mass is 316 g/mol. The summed E-state index contributed by atoms with van der Waals surface area (Å²) in [7, 11) is 2.17. The molecule has 0 bridgehead atoms. The van der Waals surface area contributed by atoms with Crippen LogP contribution in [0.1, 0.15) is 35.1 Å². The number of ether oxygens (including phenoxy) is 1. The predicted molar refractivity (Wildman–Crippen MR) is 94.7 cm³/mol. The van der Waals surface area contributed by atoms with Crippen LogP contribution in [0.25, 0.3) is 5.57 Å². The number of nitriles is 1. The first kappa shape index (κ1) is 15.0. The van der Waals surface area contributed by atoms with Crippen molar-refractivity contribution in [1.82, 2.24) is 4.90 Å². The molecule has 0 amide bonds. The Balaban J connectivity index is 1.98. The molecular weight excluding hydrogens is 296 g/mol. The molecule has 0 unspecified atom stereocenters. The van der Waals surface area contributed by atoms with Crippen molar-refractivity contribution < 1.29 is 4.74 Å². The summed E-state index contributed by atoms with van der Waals surface area (Å²) in [4.78, 5) is 2.37. The van der Waals surface area contributed by atoms with Gasteiger partial charge in [-0.3, -0.25) is 0 Å². The number of fused-ring (bicyclic) bond motifs is 2. The Bertz CT molecular complexity index is 850. The second-order valence-corrected chi connectivity index (χ2v) is 6.52. The molecule has 4 rings (SSSR count). The molecule has 1 saturated heterocycles. The third kappa shape index (κ3) is 2.50. The highest BCUT2D eigenvalue weighted by Crippen LogP contribution is 2.42. The van der Waals surface area contributed by atoms with E-state index in [1.54, 1.807) is 0 Å². The first-order chi connectivity index (χ1) is 11.8. The van der Waals surface area contributed by atoms with Gasteiger partial charge in [0.15, 0.2) is 0 Å². The van der Waals surface area contributed by atoms with Crippen LogP contribution in [0.4, 0.5) is 0 Å². The van der Waals surface area contributed by atoms with Gasteiger partial charge in [0.2, 0.25) is 0 Å². The zero-order valence-corrected chi connectivity index (χ0v) is 13.9. The van der Waals surface area contributed by atoms with Gasteiger partial charge in [-0.1, -0.05) is 42.0 Å². The molecule has 120 valence electrons. The molecule has 2 aromatic carbocycles. The molecular formula is C21H20N2O. The van der Waals surface area contributed by atoms with Crippen LogP contribution >= 0.6 is 0 Å². The topological polar surface area (TPSA) is 36.3 Å². The van der Waals surface area contributed by atoms with Gasteiger partial charge in [0.05, 0.1) is 5.56 Å². The van der Waals surface area contributed by atoms with Crippen LogP contribution < -0.4 is 4.74 Å². The molecule has 1 fully saturated rings. The van der Waals surface area contributed by atoms with Crippen LogP contribution in [0.5, 0.6) is 5.75 Å². The van der Waals surface area contributed by atoms with Gasteiger partial charge in [-0.2, -0.15) is 5.26 Å². The fourth-order valence-electron chi connectivity index (χ4n) is 3.68. The van der Waals surface area contributed by atoms with Crippen molar-refractivity contribution >= 4 is 5.57 Å². The molecule has 3 heteroatoms. The molecule has 0 spiro atoms. The van der Waals surface area contributed by atoms with Crippen LogP contribution in [-0.2, 0) is 6.61 Å². The van der Waals surface area contributed by atoms with Crippen molar-refractivity contribution in [3.63, 3.8) is 0 Å². The molecule has 2 aromatic rings. The smallest absolute Gasteiger partial charge is 0.145 e. The van der Waals surface area contributed by atoms with E-state index in [0.717, 1.165) is 37.2 Å². The number of likely N-dealkylation sites (tertiary alicyclic amines) is 1.